The number of nitrogens with zero attached hydrogens (tertiary/aromatic N) is 2. The summed E-state index contributed by atoms with van der Waals surface area (Å²) in [5, 5.41) is 8.26. The number of aromatic amines is 2. The fourth-order valence-corrected chi connectivity index (χ4v) is 3.98. The van der Waals surface area contributed by atoms with E-state index < -0.39 is 6.09 Å². The van der Waals surface area contributed by atoms with Crippen LogP contribution in [-0.4, -0.2) is 33.4 Å². The number of carbonyl (C=O) groups is 1. The average molecular weight is 441 g/mol. The van der Waals surface area contributed by atoms with Crippen molar-refractivity contribution in [3.05, 3.63) is 82.3 Å². The molecule has 33 heavy (non-hydrogen) atoms. The fourth-order valence-electron chi connectivity index (χ4n) is 3.98. The Morgan fingerprint density at radius 1 is 1.06 bits per heavy atom. The number of amides is 1. The molecule has 0 spiro atoms. The maximum Gasteiger partial charge on any atom is 0.412 e. The number of primary amides is 1. The summed E-state index contributed by atoms with van der Waals surface area (Å²) in [6, 6.07) is 18.9. The van der Waals surface area contributed by atoms with Crippen molar-refractivity contribution in [2.24, 2.45) is 5.73 Å². The fraction of sp³-hybridized carbons (Fsp3) is 0.0833. The predicted molar refractivity (Wildman–Crippen MR) is 123 cm³/mol. The third kappa shape index (κ3) is 3.76. The van der Waals surface area contributed by atoms with Gasteiger partial charge < -0.3 is 20.2 Å². The summed E-state index contributed by atoms with van der Waals surface area (Å²) in [7, 11) is 1.62. The second-order valence-electron chi connectivity index (χ2n) is 7.41. The van der Waals surface area contributed by atoms with E-state index in [0.29, 0.717) is 28.6 Å². The van der Waals surface area contributed by atoms with Gasteiger partial charge in [0.25, 0.3) is 5.56 Å². The third-order valence-electron chi connectivity index (χ3n) is 5.40. The molecule has 0 aliphatic carbocycles. The van der Waals surface area contributed by atoms with Gasteiger partial charge in [0.2, 0.25) is 0 Å². The summed E-state index contributed by atoms with van der Waals surface area (Å²) in [6.07, 6.45) is -0.468. The van der Waals surface area contributed by atoms with E-state index in [0.717, 1.165) is 27.8 Å². The molecule has 2 heterocycles. The summed E-state index contributed by atoms with van der Waals surface area (Å²) >= 11 is 0. The zero-order valence-electron chi connectivity index (χ0n) is 17.6. The number of nitrogens with two attached hydrogens (primary N) is 1. The smallest absolute Gasteiger partial charge is 0.412 e. The van der Waals surface area contributed by atoms with Gasteiger partial charge in [-0.15, -0.1) is 0 Å². The second-order valence-corrected chi connectivity index (χ2v) is 7.41. The van der Waals surface area contributed by atoms with Crippen LogP contribution in [0.3, 0.4) is 0 Å². The molecule has 5 rings (SSSR count). The molecule has 5 aromatic rings. The number of carbonyl (C=O) groups excluding carboxylic acids is 1. The van der Waals surface area contributed by atoms with Crippen molar-refractivity contribution in [1.82, 2.24) is 20.2 Å². The Kier molecular flexibility index (Phi) is 4.98. The topological polar surface area (TPSA) is 136 Å². The maximum atomic E-state index is 12.1. The minimum absolute atomic E-state index is 0.0337. The van der Waals surface area contributed by atoms with Gasteiger partial charge in [0.15, 0.2) is 0 Å². The first-order chi connectivity index (χ1) is 16.0. The molecule has 0 saturated carbocycles. The van der Waals surface area contributed by atoms with Crippen molar-refractivity contribution in [1.29, 1.82) is 0 Å². The predicted octanol–water partition coefficient (Wildman–Crippen LogP) is 3.52. The summed E-state index contributed by atoms with van der Waals surface area (Å²) in [6.45, 7) is 0. The lowest BCUT2D eigenvalue weighted by Crippen LogP contribution is -2.16. The van der Waals surface area contributed by atoms with Gasteiger partial charge in [0, 0.05) is 22.9 Å². The molecule has 0 bridgehead atoms. The number of ether oxygens (including phenoxy) is 2. The summed E-state index contributed by atoms with van der Waals surface area (Å²) in [4.78, 5) is 30.3. The van der Waals surface area contributed by atoms with Crippen LogP contribution in [0.2, 0.25) is 0 Å². The zero-order valence-corrected chi connectivity index (χ0v) is 17.6. The Morgan fingerprint density at radius 3 is 2.67 bits per heavy atom. The molecule has 0 aliphatic heterocycles. The van der Waals surface area contributed by atoms with Crippen molar-refractivity contribution in [2.45, 2.75) is 6.42 Å². The molecule has 0 atom stereocenters. The van der Waals surface area contributed by atoms with Gasteiger partial charge in [-0.3, -0.25) is 4.79 Å². The number of methoxy groups -OCH3 is 1. The van der Waals surface area contributed by atoms with E-state index in [1.165, 1.54) is 0 Å². The first-order valence-electron chi connectivity index (χ1n) is 10.1. The Balaban J connectivity index is 1.57. The average Bonchev–Trinajstić information content (AvgIpc) is 3.21. The lowest BCUT2D eigenvalue weighted by Gasteiger charge is -2.14. The Labute approximate surface area is 187 Å². The number of H-pyrrole nitrogens is 2. The van der Waals surface area contributed by atoms with E-state index in [2.05, 4.69) is 20.2 Å². The molecule has 0 aliphatic rings. The summed E-state index contributed by atoms with van der Waals surface area (Å²) < 4.78 is 10.6. The van der Waals surface area contributed by atoms with Crippen LogP contribution in [0.15, 0.2) is 65.5 Å². The molecule has 164 valence electrons. The Morgan fingerprint density at radius 2 is 1.88 bits per heavy atom. The third-order valence-corrected chi connectivity index (χ3v) is 5.40. The highest BCUT2D eigenvalue weighted by Crippen LogP contribution is 2.36. The molecule has 0 unspecified atom stereocenters. The van der Waals surface area contributed by atoms with E-state index in [-0.39, 0.29) is 11.6 Å². The molecule has 9 heteroatoms. The van der Waals surface area contributed by atoms with E-state index in [4.69, 9.17) is 15.2 Å². The first kappa shape index (κ1) is 20.3. The molecule has 2 aromatic heterocycles. The first-order valence-corrected chi connectivity index (χ1v) is 10.1. The highest BCUT2D eigenvalue weighted by molar-refractivity contribution is 5.86. The van der Waals surface area contributed by atoms with Crippen molar-refractivity contribution >= 4 is 27.9 Å². The highest BCUT2D eigenvalue weighted by atomic mass is 16.6. The van der Waals surface area contributed by atoms with Crippen LogP contribution >= 0.6 is 0 Å². The molecular formula is C24H19N5O4. The summed E-state index contributed by atoms with van der Waals surface area (Å²) in [5.74, 6) is 0.696. The van der Waals surface area contributed by atoms with Gasteiger partial charge >= 0.3 is 12.1 Å². The highest BCUT2D eigenvalue weighted by Gasteiger charge is 2.15. The lowest BCUT2D eigenvalue weighted by molar-refractivity contribution is 0.207. The SMILES string of the molecule is COc1c(Cc2n[nH]c(=O)c3ccccc23)cccc1-c1ccc2nc(OC(N)=O)[nH]c2c1. The zero-order chi connectivity index (χ0) is 22.9. The van der Waals surface area contributed by atoms with Crippen LogP contribution in [-0.2, 0) is 6.42 Å². The number of nitrogens with one attached hydrogen (secondary N) is 2. The number of hydrogen-bond acceptors (Lipinski definition) is 6. The van der Waals surface area contributed by atoms with Gasteiger partial charge in [-0.1, -0.05) is 42.5 Å². The van der Waals surface area contributed by atoms with Crippen LogP contribution in [0.5, 0.6) is 11.8 Å². The molecule has 4 N–H and O–H groups in total. The minimum Gasteiger partial charge on any atom is -0.496 e. The largest absolute Gasteiger partial charge is 0.496 e. The normalized spacial score (nSPS) is 11.1. The van der Waals surface area contributed by atoms with Crippen LogP contribution in [0, 0.1) is 0 Å². The number of fused-ring (bicyclic) bond motifs is 2. The van der Waals surface area contributed by atoms with E-state index in [1.54, 1.807) is 13.2 Å². The molecule has 0 saturated heterocycles. The molecule has 9 nitrogen and oxygen atoms in total. The van der Waals surface area contributed by atoms with E-state index in [1.807, 2.05) is 54.6 Å². The quantitative estimate of drug-likeness (QED) is 0.382. The molecular weight excluding hydrogens is 422 g/mol. The number of benzene rings is 3. The molecule has 0 fully saturated rings. The van der Waals surface area contributed by atoms with Crippen molar-refractivity contribution in [3.63, 3.8) is 0 Å². The van der Waals surface area contributed by atoms with Crippen LogP contribution in [0.1, 0.15) is 11.3 Å². The number of hydrogen-bond donors (Lipinski definition) is 3. The molecule has 1 amide bonds. The monoisotopic (exact) mass is 441 g/mol. The van der Waals surface area contributed by atoms with E-state index in [9.17, 15) is 9.59 Å². The van der Waals surface area contributed by atoms with E-state index >= 15 is 0 Å². The second kappa shape index (κ2) is 8.12. The lowest BCUT2D eigenvalue weighted by atomic mass is 9.97. The van der Waals surface area contributed by atoms with Crippen LogP contribution < -0.4 is 20.8 Å². The number of aromatic nitrogens is 4. The summed E-state index contributed by atoms with van der Waals surface area (Å²) in [5.41, 5.74) is 9.59. The number of para-hydroxylation sites is 1. The molecule has 3 aromatic carbocycles. The molecule has 0 radical (unpaired) electrons. The van der Waals surface area contributed by atoms with Gasteiger partial charge in [-0.25, -0.2) is 9.89 Å². The van der Waals surface area contributed by atoms with Crippen LogP contribution in [0.4, 0.5) is 4.79 Å². The number of rotatable bonds is 5. The number of imidazole rings is 1. The van der Waals surface area contributed by atoms with Gasteiger partial charge in [0.05, 0.1) is 29.2 Å². The van der Waals surface area contributed by atoms with Gasteiger partial charge in [-0.2, -0.15) is 10.1 Å². The van der Waals surface area contributed by atoms with Crippen LogP contribution in [0.25, 0.3) is 32.9 Å². The Hall–Kier alpha value is -4.66. The van der Waals surface area contributed by atoms with Crippen molar-refractivity contribution < 1.29 is 14.3 Å². The Bertz CT molecular complexity index is 1570. The van der Waals surface area contributed by atoms with Crippen molar-refractivity contribution in [2.75, 3.05) is 7.11 Å². The minimum atomic E-state index is -0.938. The maximum absolute atomic E-state index is 12.1. The standard InChI is InChI=1S/C24H19N5O4/c1-32-21-14(12-19-16-6-2-3-7-17(16)22(30)29-28-19)5-4-8-15(21)13-9-10-18-20(11-13)27-24(26-18)33-23(25)31/h2-11H,12H2,1H3,(H2,25,31)(H,26,27)(H,29,30). The van der Waals surface area contributed by atoms with Crippen molar-refractivity contribution in [3.8, 4) is 22.9 Å². The van der Waals surface area contributed by atoms with Gasteiger partial charge in [-0.05, 0) is 23.8 Å². The van der Waals surface area contributed by atoms with Gasteiger partial charge in [0.1, 0.15) is 5.75 Å².